The minimum Gasteiger partial charge on any atom is -0.353 e. The first kappa shape index (κ1) is 20.9. The van der Waals surface area contributed by atoms with Crippen LogP contribution in [0, 0.1) is 0 Å². The van der Waals surface area contributed by atoms with Crippen molar-refractivity contribution in [2.45, 2.75) is 51.6 Å². The van der Waals surface area contributed by atoms with Gasteiger partial charge >= 0.3 is 0 Å². The quantitative estimate of drug-likeness (QED) is 0.647. The lowest BCUT2D eigenvalue weighted by Crippen LogP contribution is -2.58. The molecule has 1 aliphatic carbocycles. The number of hydrogen-bond donors (Lipinski definition) is 1. The van der Waals surface area contributed by atoms with Crippen LogP contribution in [0.3, 0.4) is 0 Å². The van der Waals surface area contributed by atoms with Crippen molar-refractivity contribution in [1.29, 1.82) is 0 Å². The van der Waals surface area contributed by atoms with Gasteiger partial charge in [-0.1, -0.05) is 30.3 Å². The Morgan fingerprint density at radius 1 is 1.19 bits per heavy atom. The Morgan fingerprint density at radius 3 is 2.75 bits per heavy atom. The number of carbonyl (C=O) groups is 2. The maximum atomic E-state index is 13.8. The van der Waals surface area contributed by atoms with E-state index in [0.29, 0.717) is 31.7 Å². The van der Waals surface area contributed by atoms with Crippen molar-refractivity contribution < 1.29 is 9.59 Å². The molecule has 166 valence electrons. The maximum absolute atomic E-state index is 13.8. The van der Waals surface area contributed by atoms with Crippen molar-refractivity contribution in [3.8, 4) is 10.4 Å². The summed E-state index contributed by atoms with van der Waals surface area (Å²) in [5.41, 5.74) is 5.06. The van der Waals surface area contributed by atoms with E-state index in [4.69, 9.17) is 5.10 Å². The van der Waals surface area contributed by atoms with Crippen molar-refractivity contribution in [2.24, 2.45) is 0 Å². The minimum absolute atomic E-state index is 0.0578. The summed E-state index contributed by atoms with van der Waals surface area (Å²) < 4.78 is 1.84. The van der Waals surface area contributed by atoms with Crippen molar-refractivity contribution in [3.63, 3.8) is 0 Å². The van der Waals surface area contributed by atoms with Crippen molar-refractivity contribution in [2.75, 3.05) is 13.1 Å². The number of rotatable bonds is 5. The summed E-state index contributed by atoms with van der Waals surface area (Å²) in [6.45, 7) is 3.68. The topological polar surface area (TPSA) is 67.2 Å². The average Bonchev–Trinajstić information content (AvgIpc) is 3.48. The third-order valence-electron chi connectivity index (χ3n) is 6.51. The maximum Gasteiger partial charge on any atom is 0.273 e. The zero-order valence-corrected chi connectivity index (χ0v) is 19.2. The van der Waals surface area contributed by atoms with Crippen molar-refractivity contribution in [3.05, 3.63) is 64.3 Å². The lowest BCUT2D eigenvalue weighted by Gasteiger charge is -2.35. The largest absolute Gasteiger partial charge is 0.353 e. The number of hydrogen-bond acceptors (Lipinski definition) is 4. The summed E-state index contributed by atoms with van der Waals surface area (Å²) >= 11 is 1.71. The second-order valence-electron chi connectivity index (χ2n) is 8.48. The summed E-state index contributed by atoms with van der Waals surface area (Å²) in [4.78, 5) is 29.6. The molecular formula is C25H28N4O2S. The molecule has 7 heteroatoms. The van der Waals surface area contributed by atoms with Gasteiger partial charge in [-0.2, -0.15) is 5.10 Å². The van der Waals surface area contributed by atoms with Crippen LogP contribution in [-0.2, 0) is 30.6 Å². The minimum atomic E-state index is -0.511. The van der Waals surface area contributed by atoms with Gasteiger partial charge in [0, 0.05) is 36.5 Å². The highest BCUT2D eigenvalue weighted by atomic mass is 32.1. The van der Waals surface area contributed by atoms with Gasteiger partial charge in [-0.05, 0) is 55.2 Å². The molecule has 1 aromatic carbocycles. The highest BCUT2D eigenvalue weighted by molar-refractivity contribution is 7.13. The van der Waals surface area contributed by atoms with Crippen molar-refractivity contribution >= 4 is 23.2 Å². The summed E-state index contributed by atoms with van der Waals surface area (Å²) in [6.07, 6.45) is 4.54. The molecule has 1 N–H and O–H groups in total. The number of thiophene rings is 1. The Morgan fingerprint density at radius 2 is 2.00 bits per heavy atom. The third-order valence-corrected chi connectivity index (χ3v) is 7.43. The Kier molecular flexibility index (Phi) is 5.83. The Labute approximate surface area is 192 Å². The van der Waals surface area contributed by atoms with Crippen LogP contribution in [-0.4, -0.2) is 45.6 Å². The number of carbonyl (C=O) groups excluding carboxylic acids is 2. The molecule has 1 aliphatic heterocycles. The van der Waals surface area contributed by atoms with E-state index < -0.39 is 6.04 Å². The van der Waals surface area contributed by atoms with Crippen LogP contribution in [0.2, 0.25) is 0 Å². The molecule has 0 bridgehead atoms. The van der Waals surface area contributed by atoms with Gasteiger partial charge in [0.2, 0.25) is 5.91 Å². The second kappa shape index (κ2) is 8.90. The standard InChI is InChI=1S/C25H28N4O2S/c1-2-29-23(19-6-3-4-7-20(19)27-29)25(31)28-14-13-26-24(30)21(28)16-17-9-11-18(12-10-17)22-8-5-15-32-22/h5,8-12,15,21H,2-4,6-7,13-14,16H2,1H3,(H,26,30). The van der Waals surface area contributed by atoms with Gasteiger partial charge in [-0.15, -0.1) is 11.3 Å². The van der Waals surface area contributed by atoms with E-state index in [2.05, 4.69) is 41.0 Å². The van der Waals surface area contributed by atoms with Gasteiger partial charge in [-0.25, -0.2) is 0 Å². The fraction of sp³-hybridized carbons (Fsp3) is 0.400. The third kappa shape index (κ3) is 3.86. The number of nitrogens with zero attached hydrogens (tertiary/aromatic N) is 3. The summed E-state index contributed by atoms with van der Waals surface area (Å²) in [5.74, 6) is -0.138. The predicted octanol–water partition coefficient (Wildman–Crippen LogP) is 3.69. The molecule has 0 saturated carbocycles. The lowest BCUT2D eigenvalue weighted by molar-refractivity contribution is -0.127. The highest BCUT2D eigenvalue weighted by Crippen LogP contribution is 2.28. The molecule has 1 atom stereocenters. The summed E-state index contributed by atoms with van der Waals surface area (Å²) in [7, 11) is 0. The molecule has 3 heterocycles. The Hall–Kier alpha value is -2.93. The summed E-state index contributed by atoms with van der Waals surface area (Å²) in [5, 5.41) is 9.74. The van der Waals surface area contributed by atoms with Gasteiger partial charge in [0.15, 0.2) is 0 Å². The molecule has 0 radical (unpaired) electrons. The monoisotopic (exact) mass is 448 g/mol. The van der Waals surface area contributed by atoms with Crippen LogP contribution in [0.25, 0.3) is 10.4 Å². The zero-order valence-electron chi connectivity index (χ0n) is 18.3. The number of aromatic nitrogens is 2. The predicted molar refractivity (Wildman–Crippen MR) is 126 cm³/mol. The molecule has 2 amide bonds. The number of nitrogens with one attached hydrogen (secondary N) is 1. The number of fused-ring (bicyclic) bond motifs is 1. The van der Waals surface area contributed by atoms with E-state index in [0.717, 1.165) is 42.5 Å². The van der Waals surface area contributed by atoms with Crippen LogP contribution in [0.5, 0.6) is 0 Å². The van der Waals surface area contributed by atoms with E-state index in [1.165, 1.54) is 10.4 Å². The fourth-order valence-corrected chi connectivity index (χ4v) is 5.58. The molecule has 1 saturated heterocycles. The van der Waals surface area contributed by atoms with Crippen LogP contribution in [0.15, 0.2) is 41.8 Å². The van der Waals surface area contributed by atoms with Gasteiger partial charge in [0.1, 0.15) is 11.7 Å². The molecule has 1 fully saturated rings. The smallest absolute Gasteiger partial charge is 0.273 e. The number of piperazine rings is 1. The van der Waals surface area contributed by atoms with Crippen LogP contribution in [0.1, 0.15) is 47.1 Å². The zero-order chi connectivity index (χ0) is 22.1. The molecule has 1 unspecified atom stereocenters. The normalized spacial score (nSPS) is 18.3. The second-order valence-corrected chi connectivity index (χ2v) is 9.43. The molecule has 6 nitrogen and oxygen atoms in total. The van der Waals surface area contributed by atoms with E-state index in [1.54, 1.807) is 16.2 Å². The Bertz CT molecular complexity index is 1120. The Balaban J connectivity index is 1.41. The number of benzene rings is 1. The van der Waals surface area contributed by atoms with Gasteiger partial charge < -0.3 is 10.2 Å². The first-order valence-corrected chi connectivity index (χ1v) is 12.3. The number of aryl methyl sites for hydroxylation is 2. The molecule has 5 rings (SSSR count). The highest BCUT2D eigenvalue weighted by Gasteiger charge is 2.37. The van der Waals surface area contributed by atoms with Crippen LogP contribution in [0.4, 0.5) is 0 Å². The average molecular weight is 449 g/mol. The lowest BCUT2D eigenvalue weighted by atomic mass is 9.94. The van der Waals surface area contributed by atoms with Crippen LogP contribution >= 0.6 is 11.3 Å². The molecule has 0 spiro atoms. The first-order chi connectivity index (χ1) is 15.7. The summed E-state index contributed by atoms with van der Waals surface area (Å²) in [6, 6.07) is 12.0. The number of amides is 2. The SMILES string of the molecule is CCn1nc2c(c1C(=O)N1CCNC(=O)C1Cc1ccc(-c3cccs3)cc1)CCCC2. The fourth-order valence-electron chi connectivity index (χ4n) is 4.84. The molecule has 2 aromatic heterocycles. The van der Waals surface area contributed by atoms with E-state index in [9.17, 15) is 9.59 Å². The van der Waals surface area contributed by atoms with E-state index >= 15 is 0 Å². The van der Waals surface area contributed by atoms with E-state index in [1.807, 2.05) is 17.7 Å². The van der Waals surface area contributed by atoms with Gasteiger partial charge in [-0.3, -0.25) is 14.3 Å². The van der Waals surface area contributed by atoms with Gasteiger partial charge in [0.25, 0.3) is 5.91 Å². The van der Waals surface area contributed by atoms with Gasteiger partial charge in [0.05, 0.1) is 5.69 Å². The van der Waals surface area contributed by atoms with Crippen molar-refractivity contribution in [1.82, 2.24) is 20.0 Å². The molecule has 3 aromatic rings. The molecular weight excluding hydrogens is 420 g/mol. The molecule has 32 heavy (non-hydrogen) atoms. The van der Waals surface area contributed by atoms with E-state index in [-0.39, 0.29) is 11.8 Å². The molecule has 2 aliphatic rings. The first-order valence-electron chi connectivity index (χ1n) is 11.5. The van der Waals surface area contributed by atoms with Crippen LogP contribution < -0.4 is 5.32 Å².